The van der Waals surface area contributed by atoms with Gasteiger partial charge in [0.2, 0.25) is 0 Å². The monoisotopic (exact) mass is 296 g/mol. The Morgan fingerprint density at radius 2 is 1.75 bits per heavy atom. The fraction of sp³-hybridized carbons (Fsp3) is 0.200. The highest BCUT2D eigenvalue weighted by Gasteiger charge is 2.19. The second kappa shape index (κ2) is 6.11. The van der Waals surface area contributed by atoms with E-state index in [0.717, 1.165) is 0 Å². The van der Waals surface area contributed by atoms with Crippen molar-refractivity contribution in [3.8, 4) is 11.5 Å². The van der Waals surface area contributed by atoms with Gasteiger partial charge >= 0.3 is 0 Å². The summed E-state index contributed by atoms with van der Waals surface area (Å²) >= 11 is 5.86. The minimum absolute atomic E-state index is 0.145. The van der Waals surface area contributed by atoms with E-state index in [-0.39, 0.29) is 5.56 Å². The normalized spacial score (nSPS) is 12.1. The Kier molecular flexibility index (Phi) is 4.47. The molecule has 0 fully saturated rings. The zero-order valence-corrected chi connectivity index (χ0v) is 11.8. The summed E-state index contributed by atoms with van der Waals surface area (Å²) in [5, 5.41) is 10.8. The smallest absolute Gasteiger partial charge is 0.133 e. The number of ether oxygens (including phenoxy) is 2. The van der Waals surface area contributed by atoms with Crippen molar-refractivity contribution in [2.75, 3.05) is 14.2 Å². The number of rotatable bonds is 4. The standard InChI is InChI=1S/C15H14ClFO3/c1-19-10-4-6-11(13(17)8-10)15(18)12-5-3-9(16)7-14(12)20-2/h3-8,15,18H,1-2H3. The SMILES string of the molecule is COc1ccc(C(O)c2ccc(Cl)cc2OC)c(F)c1. The average Bonchev–Trinajstić information content (AvgIpc) is 2.46. The molecule has 2 rings (SSSR count). The van der Waals surface area contributed by atoms with Gasteiger partial charge in [0.1, 0.15) is 23.4 Å². The molecule has 0 saturated heterocycles. The maximum Gasteiger partial charge on any atom is 0.133 e. The van der Waals surface area contributed by atoms with Crippen LogP contribution in [0.3, 0.4) is 0 Å². The highest BCUT2D eigenvalue weighted by molar-refractivity contribution is 6.30. The molecule has 3 nitrogen and oxygen atoms in total. The van der Waals surface area contributed by atoms with Crippen molar-refractivity contribution in [1.29, 1.82) is 0 Å². The molecule has 1 unspecified atom stereocenters. The van der Waals surface area contributed by atoms with E-state index >= 15 is 0 Å². The third kappa shape index (κ3) is 2.86. The van der Waals surface area contributed by atoms with Crippen molar-refractivity contribution in [2.45, 2.75) is 6.10 Å². The molecule has 106 valence electrons. The third-order valence-corrected chi connectivity index (χ3v) is 3.23. The van der Waals surface area contributed by atoms with Gasteiger partial charge in [-0.15, -0.1) is 0 Å². The summed E-state index contributed by atoms with van der Waals surface area (Å²) in [6.07, 6.45) is -1.15. The Labute approximate surface area is 121 Å². The first-order chi connectivity index (χ1) is 9.56. The van der Waals surface area contributed by atoms with Crippen LogP contribution in [0.5, 0.6) is 11.5 Å². The Bertz CT molecular complexity index is 616. The molecule has 0 aliphatic heterocycles. The molecule has 2 aromatic rings. The molecule has 0 saturated carbocycles. The molecule has 1 atom stereocenters. The van der Waals surface area contributed by atoms with E-state index in [9.17, 15) is 9.50 Å². The third-order valence-electron chi connectivity index (χ3n) is 2.99. The van der Waals surface area contributed by atoms with Gasteiger partial charge in [-0.3, -0.25) is 0 Å². The zero-order chi connectivity index (χ0) is 14.7. The van der Waals surface area contributed by atoms with E-state index in [1.807, 2.05) is 0 Å². The molecule has 0 radical (unpaired) electrons. The second-order valence-electron chi connectivity index (χ2n) is 4.18. The van der Waals surface area contributed by atoms with E-state index in [1.165, 1.54) is 26.4 Å². The van der Waals surface area contributed by atoms with Gasteiger partial charge in [-0.25, -0.2) is 4.39 Å². The Hall–Kier alpha value is -1.78. The lowest BCUT2D eigenvalue weighted by Gasteiger charge is -2.16. The van der Waals surface area contributed by atoms with Crippen LogP contribution >= 0.6 is 11.6 Å². The number of hydrogen-bond donors (Lipinski definition) is 1. The molecule has 0 aliphatic rings. The highest BCUT2D eigenvalue weighted by atomic mass is 35.5. The summed E-state index contributed by atoms with van der Waals surface area (Å²) < 4.78 is 24.1. The van der Waals surface area contributed by atoms with Crippen LogP contribution in [-0.2, 0) is 0 Å². The summed E-state index contributed by atoms with van der Waals surface area (Å²) in [6, 6.07) is 9.08. The molecule has 0 aliphatic carbocycles. The van der Waals surface area contributed by atoms with Crippen LogP contribution < -0.4 is 9.47 Å². The molecule has 5 heteroatoms. The minimum Gasteiger partial charge on any atom is -0.497 e. The van der Waals surface area contributed by atoms with Crippen molar-refractivity contribution < 1.29 is 19.0 Å². The minimum atomic E-state index is -1.15. The Morgan fingerprint density at radius 3 is 2.35 bits per heavy atom. The van der Waals surface area contributed by atoms with Crippen molar-refractivity contribution in [3.05, 3.63) is 58.4 Å². The summed E-state index contributed by atoms with van der Waals surface area (Å²) in [5.41, 5.74) is 0.590. The fourth-order valence-corrected chi connectivity index (χ4v) is 2.10. The van der Waals surface area contributed by atoms with Crippen molar-refractivity contribution in [2.24, 2.45) is 0 Å². The van der Waals surface area contributed by atoms with Crippen LogP contribution in [0.25, 0.3) is 0 Å². The molecule has 0 aromatic heterocycles. The maximum atomic E-state index is 14.0. The maximum absolute atomic E-state index is 14.0. The summed E-state index contributed by atoms with van der Waals surface area (Å²) in [6.45, 7) is 0. The lowest BCUT2D eigenvalue weighted by atomic mass is 10.00. The molecule has 20 heavy (non-hydrogen) atoms. The van der Waals surface area contributed by atoms with E-state index in [0.29, 0.717) is 22.1 Å². The van der Waals surface area contributed by atoms with Gasteiger partial charge in [-0.05, 0) is 24.3 Å². The van der Waals surface area contributed by atoms with Gasteiger partial charge < -0.3 is 14.6 Å². The molecule has 2 aromatic carbocycles. The number of aliphatic hydroxyl groups excluding tert-OH is 1. The molecule has 1 N–H and O–H groups in total. The quantitative estimate of drug-likeness (QED) is 0.937. The van der Waals surface area contributed by atoms with E-state index in [4.69, 9.17) is 21.1 Å². The first-order valence-corrected chi connectivity index (χ1v) is 6.29. The Balaban J connectivity index is 2.43. The van der Waals surface area contributed by atoms with Crippen LogP contribution in [0.1, 0.15) is 17.2 Å². The molecule has 0 bridgehead atoms. The van der Waals surface area contributed by atoms with E-state index in [1.54, 1.807) is 24.3 Å². The van der Waals surface area contributed by atoms with E-state index in [2.05, 4.69) is 0 Å². The zero-order valence-electron chi connectivity index (χ0n) is 11.1. The van der Waals surface area contributed by atoms with Crippen molar-refractivity contribution in [3.63, 3.8) is 0 Å². The molecule has 0 spiro atoms. The molecular weight excluding hydrogens is 283 g/mol. The average molecular weight is 297 g/mol. The first kappa shape index (κ1) is 14.6. The lowest BCUT2D eigenvalue weighted by molar-refractivity contribution is 0.209. The van der Waals surface area contributed by atoms with Gasteiger partial charge in [0.25, 0.3) is 0 Å². The van der Waals surface area contributed by atoms with Crippen molar-refractivity contribution >= 4 is 11.6 Å². The van der Waals surface area contributed by atoms with Gasteiger partial charge in [-0.2, -0.15) is 0 Å². The second-order valence-corrected chi connectivity index (χ2v) is 4.61. The van der Waals surface area contributed by atoms with Gasteiger partial charge in [-0.1, -0.05) is 17.7 Å². The summed E-state index contributed by atoms with van der Waals surface area (Å²) in [4.78, 5) is 0. The largest absolute Gasteiger partial charge is 0.497 e. The predicted molar refractivity (Wildman–Crippen MR) is 75.0 cm³/mol. The van der Waals surface area contributed by atoms with Crippen LogP contribution in [0.2, 0.25) is 5.02 Å². The van der Waals surface area contributed by atoms with Crippen LogP contribution in [0.4, 0.5) is 4.39 Å². The number of methoxy groups -OCH3 is 2. The van der Waals surface area contributed by atoms with Gasteiger partial charge in [0, 0.05) is 22.2 Å². The molecule has 0 amide bonds. The Morgan fingerprint density at radius 1 is 1.05 bits per heavy atom. The number of aliphatic hydroxyl groups is 1. The van der Waals surface area contributed by atoms with Crippen LogP contribution in [0, 0.1) is 5.82 Å². The number of hydrogen-bond acceptors (Lipinski definition) is 3. The van der Waals surface area contributed by atoms with E-state index < -0.39 is 11.9 Å². The topological polar surface area (TPSA) is 38.7 Å². The van der Waals surface area contributed by atoms with Crippen molar-refractivity contribution in [1.82, 2.24) is 0 Å². The number of halogens is 2. The summed E-state index contributed by atoms with van der Waals surface area (Å²) in [5.74, 6) is 0.246. The summed E-state index contributed by atoms with van der Waals surface area (Å²) in [7, 11) is 2.92. The first-order valence-electron chi connectivity index (χ1n) is 5.91. The molecule has 0 heterocycles. The van der Waals surface area contributed by atoms with Crippen LogP contribution in [-0.4, -0.2) is 19.3 Å². The number of benzene rings is 2. The van der Waals surface area contributed by atoms with Crippen LogP contribution in [0.15, 0.2) is 36.4 Å². The van der Waals surface area contributed by atoms with Gasteiger partial charge in [0.15, 0.2) is 0 Å². The fourth-order valence-electron chi connectivity index (χ4n) is 1.93. The predicted octanol–water partition coefficient (Wildman–Crippen LogP) is 3.58. The highest BCUT2D eigenvalue weighted by Crippen LogP contribution is 2.34. The lowest BCUT2D eigenvalue weighted by Crippen LogP contribution is -2.05. The molecular formula is C15H14ClFO3. The van der Waals surface area contributed by atoms with Gasteiger partial charge in [0.05, 0.1) is 14.2 Å².